The van der Waals surface area contributed by atoms with E-state index in [9.17, 15) is 22.4 Å². The summed E-state index contributed by atoms with van der Waals surface area (Å²) in [5.74, 6) is -1.85. The van der Waals surface area contributed by atoms with Gasteiger partial charge in [-0.1, -0.05) is 73.1 Å². The van der Waals surface area contributed by atoms with Crippen molar-refractivity contribution in [3.8, 4) is 0 Å². The number of hydrogen-bond donors (Lipinski definition) is 1. The number of nitrogens with one attached hydrogen (secondary N) is 1. The van der Waals surface area contributed by atoms with Crippen molar-refractivity contribution in [2.75, 3.05) is 24.9 Å². The second-order valence-electron chi connectivity index (χ2n) is 9.92. The van der Waals surface area contributed by atoms with Crippen molar-refractivity contribution in [2.45, 2.75) is 45.3 Å². The molecule has 41 heavy (non-hydrogen) atoms. The first kappa shape index (κ1) is 32.0. The number of benzene rings is 3. The number of rotatable bonds is 13. The predicted molar refractivity (Wildman–Crippen MR) is 160 cm³/mol. The molecule has 0 bridgehead atoms. The summed E-state index contributed by atoms with van der Waals surface area (Å²) in [4.78, 5) is 29.2. The first-order valence-electron chi connectivity index (χ1n) is 13.3. The molecule has 0 radical (unpaired) electrons. The van der Waals surface area contributed by atoms with Crippen LogP contribution in [0.1, 0.15) is 31.4 Å². The van der Waals surface area contributed by atoms with Crippen molar-refractivity contribution in [3.05, 3.63) is 101 Å². The molecule has 11 heteroatoms. The van der Waals surface area contributed by atoms with Gasteiger partial charge in [-0.3, -0.25) is 9.59 Å². The van der Waals surface area contributed by atoms with E-state index in [2.05, 4.69) is 5.32 Å². The van der Waals surface area contributed by atoms with Gasteiger partial charge >= 0.3 is 10.2 Å². The third kappa shape index (κ3) is 8.51. The van der Waals surface area contributed by atoms with Crippen LogP contribution in [0.4, 0.5) is 10.1 Å². The van der Waals surface area contributed by atoms with Crippen LogP contribution < -0.4 is 9.62 Å². The standard InChI is InChI=1S/C30H36ClFN4O4S/c1-5-22(2)33-30(38)28(19-23-11-7-6-8-12-23)35(20-24-15-17-25(31)18-16-24)29(37)21-36(41(39,40)34(3)4)27-14-10-9-13-26(27)32/h6-18,22,28H,5,19-21H2,1-4H3,(H,33,38)/t22-,28-/m0/s1. The van der Waals surface area contributed by atoms with E-state index in [1.807, 2.05) is 44.2 Å². The van der Waals surface area contributed by atoms with Crippen LogP contribution in [0.2, 0.25) is 5.02 Å². The maximum Gasteiger partial charge on any atom is 0.304 e. The Morgan fingerprint density at radius 2 is 1.54 bits per heavy atom. The summed E-state index contributed by atoms with van der Waals surface area (Å²) in [6.45, 7) is 3.07. The fourth-order valence-corrected chi connectivity index (χ4v) is 5.33. The van der Waals surface area contributed by atoms with Gasteiger partial charge in [0.2, 0.25) is 11.8 Å². The maximum atomic E-state index is 14.9. The van der Waals surface area contributed by atoms with Crippen LogP contribution in [0.25, 0.3) is 0 Å². The van der Waals surface area contributed by atoms with Gasteiger partial charge in [-0.15, -0.1) is 0 Å². The minimum Gasteiger partial charge on any atom is -0.352 e. The molecule has 0 saturated heterocycles. The molecule has 0 heterocycles. The summed E-state index contributed by atoms with van der Waals surface area (Å²) >= 11 is 6.08. The van der Waals surface area contributed by atoms with Crippen LogP contribution in [-0.2, 0) is 32.8 Å². The highest BCUT2D eigenvalue weighted by Crippen LogP contribution is 2.24. The molecule has 0 saturated carbocycles. The number of nitrogens with zero attached hydrogens (tertiary/aromatic N) is 3. The molecular weight excluding hydrogens is 567 g/mol. The second kappa shape index (κ2) is 14.4. The summed E-state index contributed by atoms with van der Waals surface area (Å²) < 4.78 is 43.2. The third-order valence-electron chi connectivity index (χ3n) is 6.68. The van der Waals surface area contributed by atoms with Crippen molar-refractivity contribution >= 4 is 39.3 Å². The molecular formula is C30H36ClFN4O4S. The van der Waals surface area contributed by atoms with Gasteiger partial charge in [0.1, 0.15) is 18.4 Å². The first-order chi connectivity index (χ1) is 19.4. The highest BCUT2D eigenvalue weighted by molar-refractivity contribution is 7.90. The quantitative estimate of drug-likeness (QED) is 0.308. The maximum absolute atomic E-state index is 14.9. The third-order valence-corrected chi connectivity index (χ3v) is 8.74. The van der Waals surface area contributed by atoms with Gasteiger partial charge < -0.3 is 10.2 Å². The molecule has 220 valence electrons. The number of hydrogen-bond acceptors (Lipinski definition) is 4. The number of carbonyl (C=O) groups is 2. The average molecular weight is 603 g/mol. The molecule has 2 atom stereocenters. The zero-order chi connectivity index (χ0) is 30.2. The zero-order valence-electron chi connectivity index (χ0n) is 23.6. The molecule has 0 aliphatic rings. The van der Waals surface area contributed by atoms with Crippen molar-refractivity contribution in [1.29, 1.82) is 0 Å². The van der Waals surface area contributed by atoms with Crippen LogP contribution in [0, 0.1) is 5.82 Å². The smallest absolute Gasteiger partial charge is 0.304 e. The van der Waals surface area contributed by atoms with E-state index >= 15 is 0 Å². The van der Waals surface area contributed by atoms with Gasteiger partial charge in [-0.25, -0.2) is 8.70 Å². The molecule has 3 rings (SSSR count). The molecule has 2 amide bonds. The van der Waals surface area contributed by atoms with Crippen LogP contribution >= 0.6 is 11.6 Å². The Bertz CT molecular complexity index is 1420. The summed E-state index contributed by atoms with van der Waals surface area (Å²) in [6.07, 6.45) is 0.861. The van der Waals surface area contributed by atoms with Gasteiger partial charge in [0.25, 0.3) is 0 Å². The molecule has 0 aromatic heterocycles. The number of halogens is 2. The number of anilines is 1. The molecule has 1 N–H and O–H groups in total. The lowest BCUT2D eigenvalue weighted by Gasteiger charge is -2.35. The molecule has 3 aromatic carbocycles. The Hall–Kier alpha value is -3.47. The van der Waals surface area contributed by atoms with E-state index < -0.39 is 34.5 Å². The fourth-order valence-electron chi connectivity index (χ4n) is 4.14. The Morgan fingerprint density at radius 1 is 0.927 bits per heavy atom. The molecule has 0 spiro atoms. The lowest BCUT2D eigenvalue weighted by Crippen LogP contribution is -2.55. The van der Waals surface area contributed by atoms with Gasteiger partial charge in [0, 0.05) is 38.1 Å². The molecule has 3 aromatic rings. The van der Waals surface area contributed by atoms with Crippen molar-refractivity contribution < 1.29 is 22.4 Å². The summed E-state index contributed by atoms with van der Waals surface area (Å²) in [7, 11) is -1.68. The molecule has 0 aliphatic heterocycles. The van der Waals surface area contributed by atoms with Crippen molar-refractivity contribution in [1.82, 2.24) is 14.5 Å². The SMILES string of the molecule is CC[C@H](C)NC(=O)[C@H](Cc1ccccc1)N(Cc1ccc(Cl)cc1)C(=O)CN(c1ccccc1F)S(=O)(=O)N(C)C. The average Bonchev–Trinajstić information content (AvgIpc) is 2.95. The van der Waals surface area contributed by atoms with E-state index in [0.29, 0.717) is 17.0 Å². The monoisotopic (exact) mass is 602 g/mol. The van der Waals surface area contributed by atoms with E-state index in [-0.39, 0.29) is 30.6 Å². The Morgan fingerprint density at radius 3 is 2.12 bits per heavy atom. The molecule has 8 nitrogen and oxygen atoms in total. The Kier molecular flexibility index (Phi) is 11.3. The Balaban J connectivity index is 2.10. The number of carbonyl (C=O) groups excluding carboxylic acids is 2. The van der Waals surface area contributed by atoms with Gasteiger partial charge in [0.05, 0.1) is 5.69 Å². The highest BCUT2D eigenvalue weighted by atomic mass is 35.5. The topological polar surface area (TPSA) is 90.0 Å². The summed E-state index contributed by atoms with van der Waals surface area (Å²) in [5, 5.41) is 3.47. The molecule has 0 unspecified atom stereocenters. The van der Waals surface area contributed by atoms with Crippen molar-refractivity contribution in [2.24, 2.45) is 0 Å². The summed E-state index contributed by atoms with van der Waals surface area (Å²) in [5.41, 5.74) is 1.23. The molecule has 0 aliphatic carbocycles. The Labute approximate surface area is 246 Å². The minimum absolute atomic E-state index is 0.00540. The lowest BCUT2D eigenvalue weighted by atomic mass is 10.0. The largest absolute Gasteiger partial charge is 0.352 e. The second-order valence-corrected chi connectivity index (χ2v) is 12.4. The first-order valence-corrected chi connectivity index (χ1v) is 15.0. The van der Waals surface area contributed by atoms with E-state index in [1.54, 1.807) is 24.3 Å². The predicted octanol–water partition coefficient (Wildman–Crippen LogP) is 4.65. The van der Waals surface area contributed by atoms with Gasteiger partial charge in [-0.05, 0) is 48.7 Å². The highest BCUT2D eigenvalue weighted by Gasteiger charge is 2.35. The fraction of sp³-hybridized carbons (Fsp3) is 0.333. The lowest BCUT2D eigenvalue weighted by molar-refractivity contribution is -0.140. The van der Waals surface area contributed by atoms with Crippen LogP contribution in [0.5, 0.6) is 0 Å². The number of para-hydroxylation sites is 1. The van der Waals surface area contributed by atoms with E-state index in [1.165, 1.54) is 37.2 Å². The molecule has 0 fully saturated rings. The summed E-state index contributed by atoms with van der Waals surface area (Å²) in [6, 6.07) is 20.3. The van der Waals surface area contributed by atoms with E-state index in [4.69, 9.17) is 11.6 Å². The van der Waals surface area contributed by atoms with E-state index in [0.717, 1.165) is 20.2 Å². The number of amides is 2. The van der Waals surface area contributed by atoms with Crippen molar-refractivity contribution in [3.63, 3.8) is 0 Å². The van der Waals surface area contributed by atoms with Crippen LogP contribution in [0.3, 0.4) is 0 Å². The van der Waals surface area contributed by atoms with Crippen LogP contribution in [-0.4, -0.2) is 62.2 Å². The normalized spacial score (nSPS) is 13.0. The van der Waals surface area contributed by atoms with Gasteiger partial charge in [0.15, 0.2) is 0 Å². The van der Waals surface area contributed by atoms with Crippen LogP contribution in [0.15, 0.2) is 78.9 Å². The zero-order valence-corrected chi connectivity index (χ0v) is 25.2. The minimum atomic E-state index is -4.29. The van der Waals surface area contributed by atoms with Gasteiger partial charge in [-0.2, -0.15) is 12.7 Å².